The first-order valence-corrected chi connectivity index (χ1v) is 7.18. The number of hydrogen-bond acceptors (Lipinski definition) is 4. The van der Waals surface area contributed by atoms with Gasteiger partial charge in [-0.3, -0.25) is 4.79 Å². The number of carbonyl (C=O) groups is 1. The number of nitrogens with one attached hydrogen (secondary N) is 1. The van der Waals surface area contributed by atoms with Gasteiger partial charge in [-0.25, -0.2) is 0 Å². The van der Waals surface area contributed by atoms with Crippen molar-refractivity contribution >= 4 is 17.7 Å². The molecule has 0 atom stereocenters. The smallest absolute Gasteiger partial charge is 0.230 e. The Labute approximate surface area is 111 Å². The number of hydrogen-bond donors (Lipinski definition) is 1. The van der Waals surface area contributed by atoms with Crippen LogP contribution >= 0.6 is 11.8 Å². The van der Waals surface area contributed by atoms with Gasteiger partial charge in [-0.2, -0.15) is 0 Å². The first kappa shape index (κ1) is 13.1. The van der Waals surface area contributed by atoms with Crippen molar-refractivity contribution < 1.29 is 4.79 Å². The molecule has 1 aliphatic carbocycles. The Hall–Kier alpha value is -1.30. The standard InChI is InChI=1S/C12H18N4OS/c1-3-7-13-10(17)8-18-12-15-14-11(9-5-6-9)16(12)4-2/h3,9H,1,4-8H2,2H3,(H,13,17). The van der Waals surface area contributed by atoms with Crippen LogP contribution in [0.2, 0.25) is 0 Å². The van der Waals surface area contributed by atoms with Gasteiger partial charge in [0.05, 0.1) is 5.75 Å². The Balaban J connectivity index is 1.92. The van der Waals surface area contributed by atoms with E-state index in [1.807, 2.05) is 0 Å². The first-order valence-electron chi connectivity index (χ1n) is 6.19. The van der Waals surface area contributed by atoms with Crippen molar-refractivity contribution in [3.63, 3.8) is 0 Å². The molecule has 0 aliphatic heterocycles. The molecule has 0 saturated heterocycles. The molecule has 98 valence electrons. The number of rotatable bonds is 7. The van der Waals surface area contributed by atoms with Crippen molar-refractivity contribution in [2.45, 2.75) is 37.4 Å². The minimum atomic E-state index is -0.00137. The molecule has 0 aromatic carbocycles. The zero-order valence-electron chi connectivity index (χ0n) is 10.6. The molecule has 1 aromatic rings. The van der Waals surface area contributed by atoms with Crippen LogP contribution in [0.4, 0.5) is 0 Å². The predicted octanol–water partition coefficient (Wildman–Crippen LogP) is 1.57. The molecule has 0 radical (unpaired) electrons. The maximum Gasteiger partial charge on any atom is 0.230 e. The monoisotopic (exact) mass is 266 g/mol. The van der Waals surface area contributed by atoms with E-state index in [1.165, 1.54) is 24.6 Å². The molecule has 0 unspecified atom stereocenters. The number of amides is 1. The third-order valence-corrected chi connectivity index (χ3v) is 3.75. The normalized spacial score (nSPS) is 14.5. The van der Waals surface area contributed by atoms with Crippen LogP contribution in [0.1, 0.15) is 31.5 Å². The van der Waals surface area contributed by atoms with Gasteiger partial charge in [0.2, 0.25) is 5.91 Å². The summed E-state index contributed by atoms with van der Waals surface area (Å²) in [5.74, 6) is 2.03. The molecule has 1 heterocycles. The lowest BCUT2D eigenvalue weighted by Crippen LogP contribution is -2.25. The highest BCUT2D eigenvalue weighted by molar-refractivity contribution is 7.99. The first-order chi connectivity index (χ1) is 8.76. The molecule has 0 spiro atoms. The minimum absolute atomic E-state index is 0.00137. The largest absolute Gasteiger partial charge is 0.352 e. The fourth-order valence-corrected chi connectivity index (χ4v) is 2.55. The van der Waals surface area contributed by atoms with E-state index in [2.05, 4.69) is 33.6 Å². The number of thioether (sulfide) groups is 1. The zero-order valence-corrected chi connectivity index (χ0v) is 11.4. The molecule has 1 aliphatic rings. The van der Waals surface area contributed by atoms with Crippen molar-refractivity contribution in [1.82, 2.24) is 20.1 Å². The van der Waals surface area contributed by atoms with Crippen molar-refractivity contribution in [2.75, 3.05) is 12.3 Å². The lowest BCUT2D eigenvalue weighted by molar-refractivity contribution is -0.118. The summed E-state index contributed by atoms with van der Waals surface area (Å²) >= 11 is 1.44. The maximum atomic E-state index is 11.5. The van der Waals surface area contributed by atoms with E-state index < -0.39 is 0 Å². The van der Waals surface area contributed by atoms with E-state index in [9.17, 15) is 4.79 Å². The fourth-order valence-electron chi connectivity index (χ4n) is 1.71. The number of nitrogens with zero attached hydrogens (tertiary/aromatic N) is 3. The Morgan fingerprint density at radius 3 is 3.00 bits per heavy atom. The van der Waals surface area contributed by atoms with E-state index in [0.29, 0.717) is 18.2 Å². The molecule has 5 nitrogen and oxygen atoms in total. The summed E-state index contributed by atoms with van der Waals surface area (Å²) in [4.78, 5) is 11.5. The summed E-state index contributed by atoms with van der Waals surface area (Å²) in [6.45, 7) is 7.00. The van der Waals surface area contributed by atoms with Crippen molar-refractivity contribution in [3.05, 3.63) is 18.5 Å². The molecule has 1 N–H and O–H groups in total. The van der Waals surface area contributed by atoms with Gasteiger partial charge in [0.15, 0.2) is 5.16 Å². The molecule has 1 amide bonds. The average Bonchev–Trinajstić information content (AvgIpc) is 3.14. The second-order valence-electron chi connectivity index (χ2n) is 4.24. The lowest BCUT2D eigenvalue weighted by atomic mass is 10.4. The van der Waals surface area contributed by atoms with Gasteiger partial charge in [0, 0.05) is 19.0 Å². The minimum Gasteiger partial charge on any atom is -0.352 e. The van der Waals surface area contributed by atoms with Crippen molar-refractivity contribution in [3.8, 4) is 0 Å². The Kier molecular flexibility index (Phi) is 4.41. The maximum absolute atomic E-state index is 11.5. The molecule has 1 aromatic heterocycles. The second kappa shape index (κ2) is 6.04. The molecular formula is C12H18N4OS. The highest BCUT2D eigenvalue weighted by Crippen LogP contribution is 2.39. The summed E-state index contributed by atoms with van der Waals surface area (Å²) in [6.07, 6.45) is 4.09. The Morgan fingerprint density at radius 2 is 2.39 bits per heavy atom. The van der Waals surface area contributed by atoms with Gasteiger partial charge in [-0.15, -0.1) is 16.8 Å². The highest BCUT2D eigenvalue weighted by atomic mass is 32.2. The van der Waals surface area contributed by atoms with Crippen LogP contribution in [0.5, 0.6) is 0 Å². The van der Waals surface area contributed by atoms with Crippen molar-refractivity contribution in [2.24, 2.45) is 0 Å². The van der Waals surface area contributed by atoms with Crippen molar-refractivity contribution in [1.29, 1.82) is 0 Å². The van der Waals surface area contributed by atoms with Crippen LogP contribution in [-0.4, -0.2) is 33.0 Å². The van der Waals surface area contributed by atoms with Gasteiger partial charge in [-0.05, 0) is 19.8 Å². The fraction of sp³-hybridized carbons (Fsp3) is 0.583. The summed E-state index contributed by atoms with van der Waals surface area (Å²) in [7, 11) is 0. The van der Waals surface area contributed by atoms with E-state index in [1.54, 1.807) is 6.08 Å². The predicted molar refractivity (Wildman–Crippen MR) is 71.6 cm³/mol. The van der Waals surface area contributed by atoms with Crippen LogP contribution in [0, 0.1) is 0 Å². The summed E-state index contributed by atoms with van der Waals surface area (Å²) in [5, 5.41) is 12.0. The van der Waals surface area contributed by atoms with E-state index in [0.717, 1.165) is 17.5 Å². The molecule has 1 saturated carbocycles. The second-order valence-corrected chi connectivity index (χ2v) is 5.18. The van der Waals surface area contributed by atoms with E-state index in [-0.39, 0.29) is 5.91 Å². The lowest BCUT2D eigenvalue weighted by Gasteiger charge is -2.06. The van der Waals surface area contributed by atoms with Gasteiger partial charge in [0.25, 0.3) is 0 Å². The van der Waals surface area contributed by atoms with Gasteiger partial charge >= 0.3 is 0 Å². The number of aromatic nitrogens is 3. The van der Waals surface area contributed by atoms with Crippen LogP contribution in [0.25, 0.3) is 0 Å². The molecule has 18 heavy (non-hydrogen) atoms. The summed E-state index contributed by atoms with van der Waals surface area (Å²) in [6, 6.07) is 0. The van der Waals surface area contributed by atoms with Gasteiger partial charge < -0.3 is 9.88 Å². The topological polar surface area (TPSA) is 59.8 Å². The highest BCUT2D eigenvalue weighted by Gasteiger charge is 2.29. The summed E-state index contributed by atoms with van der Waals surface area (Å²) < 4.78 is 2.11. The third kappa shape index (κ3) is 3.13. The van der Waals surface area contributed by atoms with Crippen LogP contribution in [-0.2, 0) is 11.3 Å². The van der Waals surface area contributed by atoms with E-state index >= 15 is 0 Å². The van der Waals surface area contributed by atoms with E-state index in [4.69, 9.17) is 0 Å². The van der Waals surface area contributed by atoms with Crippen LogP contribution < -0.4 is 5.32 Å². The Bertz CT molecular complexity index is 439. The molecule has 1 fully saturated rings. The average molecular weight is 266 g/mol. The number of carbonyl (C=O) groups excluding carboxylic acids is 1. The molecule has 6 heteroatoms. The SMILES string of the molecule is C=CCNC(=O)CSc1nnc(C2CC2)n1CC. The van der Waals surface area contributed by atoms with Crippen LogP contribution in [0.15, 0.2) is 17.8 Å². The van der Waals surface area contributed by atoms with Gasteiger partial charge in [-0.1, -0.05) is 17.8 Å². The zero-order chi connectivity index (χ0) is 13.0. The molecule has 0 bridgehead atoms. The molecular weight excluding hydrogens is 248 g/mol. The van der Waals surface area contributed by atoms with Crippen LogP contribution in [0.3, 0.4) is 0 Å². The summed E-state index contributed by atoms with van der Waals surface area (Å²) in [5.41, 5.74) is 0. The quantitative estimate of drug-likeness (QED) is 0.601. The Morgan fingerprint density at radius 1 is 1.61 bits per heavy atom. The third-order valence-electron chi connectivity index (χ3n) is 2.78. The van der Waals surface area contributed by atoms with Gasteiger partial charge in [0.1, 0.15) is 5.82 Å². The molecule has 2 rings (SSSR count).